The molecule has 0 spiro atoms. The summed E-state index contributed by atoms with van der Waals surface area (Å²) in [5.74, 6) is 0.573. The molecule has 1 saturated heterocycles. The van der Waals surface area contributed by atoms with Gasteiger partial charge in [0, 0.05) is 39.0 Å². The molecule has 0 saturated carbocycles. The maximum absolute atomic E-state index is 11.7. The van der Waals surface area contributed by atoms with Gasteiger partial charge in [0.15, 0.2) is 5.96 Å². The molecule has 1 aliphatic heterocycles. The minimum atomic E-state index is -0.225. The summed E-state index contributed by atoms with van der Waals surface area (Å²) in [7, 11) is 1.69. The van der Waals surface area contributed by atoms with Crippen molar-refractivity contribution in [3.8, 4) is 0 Å². The number of ether oxygens (including phenoxy) is 2. The van der Waals surface area contributed by atoms with Gasteiger partial charge in [-0.05, 0) is 40.0 Å². The maximum atomic E-state index is 11.7. The van der Waals surface area contributed by atoms with Gasteiger partial charge in [0.2, 0.25) is 5.91 Å². The summed E-state index contributed by atoms with van der Waals surface area (Å²) < 4.78 is 11.1. The highest BCUT2D eigenvalue weighted by atomic mass is 16.5. The second kappa shape index (κ2) is 10.4. The topological polar surface area (TPSA) is 84.0 Å². The number of carbonyl (C=O) groups excluding carboxylic acids is 1. The smallest absolute Gasteiger partial charge is 0.239 e. The number of rotatable bonds is 7. The molecule has 3 N–H and O–H groups in total. The molecule has 7 nitrogen and oxygen atoms in total. The number of amides is 1. The number of aliphatic imine (C=N–C) groups is 1. The van der Waals surface area contributed by atoms with Crippen LogP contribution < -0.4 is 16.0 Å². The molecule has 7 heteroatoms. The lowest BCUT2D eigenvalue weighted by Gasteiger charge is -2.22. The van der Waals surface area contributed by atoms with Crippen molar-refractivity contribution < 1.29 is 14.3 Å². The van der Waals surface area contributed by atoms with Crippen molar-refractivity contribution in [1.82, 2.24) is 16.0 Å². The average molecular weight is 328 g/mol. The molecule has 0 aromatic heterocycles. The highest BCUT2D eigenvalue weighted by Crippen LogP contribution is 2.10. The number of hydrogen-bond acceptors (Lipinski definition) is 4. The first-order valence-corrected chi connectivity index (χ1v) is 8.35. The lowest BCUT2D eigenvalue weighted by molar-refractivity contribution is -0.121. The number of carbonyl (C=O) groups is 1. The third-order valence-electron chi connectivity index (χ3n) is 3.29. The van der Waals surface area contributed by atoms with Gasteiger partial charge in [-0.1, -0.05) is 0 Å². The molecule has 1 rings (SSSR count). The second-order valence-corrected chi connectivity index (χ2v) is 6.69. The van der Waals surface area contributed by atoms with Gasteiger partial charge >= 0.3 is 0 Å². The summed E-state index contributed by atoms with van der Waals surface area (Å²) in [4.78, 5) is 15.8. The molecule has 0 unspecified atom stereocenters. The first-order valence-electron chi connectivity index (χ1n) is 8.35. The van der Waals surface area contributed by atoms with Crippen LogP contribution in [0.25, 0.3) is 0 Å². The Hall–Kier alpha value is -1.34. The lowest BCUT2D eigenvalue weighted by Crippen LogP contribution is -2.48. The van der Waals surface area contributed by atoms with E-state index >= 15 is 0 Å². The Bertz CT molecular complexity index is 374. The summed E-state index contributed by atoms with van der Waals surface area (Å²) in [6.45, 7) is 9.15. The molecule has 0 aromatic carbocycles. The SMILES string of the molecule is CN=C(NCCCOC1CCOCC1)NCC(=O)NC(C)(C)C. The number of nitrogens with one attached hydrogen (secondary N) is 3. The van der Waals surface area contributed by atoms with Crippen molar-refractivity contribution in [2.24, 2.45) is 4.99 Å². The van der Waals surface area contributed by atoms with E-state index in [1.54, 1.807) is 7.05 Å². The van der Waals surface area contributed by atoms with Crippen LogP contribution in [-0.2, 0) is 14.3 Å². The highest BCUT2D eigenvalue weighted by Gasteiger charge is 2.14. The van der Waals surface area contributed by atoms with Crippen LogP contribution in [0.3, 0.4) is 0 Å². The van der Waals surface area contributed by atoms with E-state index in [-0.39, 0.29) is 18.0 Å². The van der Waals surface area contributed by atoms with E-state index < -0.39 is 0 Å². The summed E-state index contributed by atoms with van der Waals surface area (Å²) in [5, 5.41) is 9.08. The van der Waals surface area contributed by atoms with E-state index in [1.807, 2.05) is 20.8 Å². The lowest BCUT2D eigenvalue weighted by atomic mass is 10.1. The van der Waals surface area contributed by atoms with Gasteiger partial charge in [0.05, 0.1) is 12.6 Å². The third-order valence-corrected chi connectivity index (χ3v) is 3.29. The van der Waals surface area contributed by atoms with Crippen molar-refractivity contribution in [3.05, 3.63) is 0 Å². The molecule has 1 fully saturated rings. The van der Waals surface area contributed by atoms with E-state index in [4.69, 9.17) is 9.47 Å². The van der Waals surface area contributed by atoms with Gasteiger partial charge in [-0.2, -0.15) is 0 Å². The Balaban J connectivity index is 2.08. The Labute approximate surface area is 139 Å². The number of nitrogens with zero attached hydrogens (tertiary/aromatic N) is 1. The molecule has 0 aliphatic carbocycles. The molecule has 1 heterocycles. The van der Waals surface area contributed by atoms with Crippen molar-refractivity contribution in [1.29, 1.82) is 0 Å². The minimum absolute atomic E-state index is 0.0525. The quantitative estimate of drug-likeness (QED) is 0.363. The standard InChI is InChI=1S/C16H32N4O3/c1-16(2,3)20-14(21)12-19-15(17-4)18-8-5-9-23-13-6-10-22-11-7-13/h13H,5-12H2,1-4H3,(H,20,21)(H2,17,18,19). The van der Waals surface area contributed by atoms with Crippen LogP contribution in [0, 0.1) is 0 Å². The average Bonchev–Trinajstić information content (AvgIpc) is 2.49. The van der Waals surface area contributed by atoms with Crippen molar-refractivity contribution in [2.45, 2.75) is 51.7 Å². The van der Waals surface area contributed by atoms with Gasteiger partial charge in [0.25, 0.3) is 0 Å². The molecule has 0 radical (unpaired) electrons. The molecular weight excluding hydrogens is 296 g/mol. The van der Waals surface area contributed by atoms with Crippen LogP contribution >= 0.6 is 0 Å². The van der Waals surface area contributed by atoms with Crippen LogP contribution in [0.5, 0.6) is 0 Å². The fraction of sp³-hybridized carbons (Fsp3) is 0.875. The zero-order valence-electron chi connectivity index (χ0n) is 14.9. The van der Waals surface area contributed by atoms with Gasteiger partial charge < -0.3 is 25.4 Å². The van der Waals surface area contributed by atoms with E-state index in [2.05, 4.69) is 20.9 Å². The maximum Gasteiger partial charge on any atom is 0.239 e. The first-order chi connectivity index (χ1) is 10.9. The first kappa shape index (κ1) is 19.7. The van der Waals surface area contributed by atoms with Gasteiger partial charge in [-0.15, -0.1) is 0 Å². The normalized spacial score (nSPS) is 17.0. The van der Waals surface area contributed by atoms with Crippen molar-refractivity contribution in [2.75, 3.05) is 40.0 Å². The van der Waals surface area contributed by atoms with Crippen LogP contribution in [0.4, 0.5) is 0 Å². The summed E-state index contributed by atoms with van der Waals surface area (Å²) in [6, 6.07) is 0. The van der Waals surface area contributed by atoms with Crippen LogP contribution in [-0.4, -0.2) is 63.5 Å². The molecular formula is C16H32N4O3. The summed E-state index contributed by atoms with van der Waals surface area (Å²) >= 11 is 0. The largest absolute Gasteiger partial charge is 0.381 e. The molecule has 23 heavy (non-hydrogen) atoms. The molecule has 1 amide bonds. The zero-order valence-corrected chi connectivity index (χ0v) is 14.9. The van der Waals surface area contributed by atoms with Crippen molar-refractivity contribution in [3.63, 3.8) is 0 Å². The molecule has 0 atom stereocenters. The molecule has 1 aliphatic rings. The van der Waals surface area contributed by atoms with Gasteiger partial charge in [-0.25, -0.2) is 0 Å². The fourth-order valence-electron chi connectivity index (χ4n) is 2.22. The summed E-state index contributed by atoms with van der Waals surface area (Å²) in [5.41, 5.74) is -0.225. The van der Waals surface area contributed by atoms with E-state index in [1.165, 1.54) is 0 Å². The van der Waals surface area contributed by atoms with Gasteiger partial charge in [0.1, 0.15) is 0 Å². The predicted octanol–water partition coefficient (Wildman–Crippen LogP) is 0.652. The monoisotopic (exact) mass is 328 g/mol. The van der Waals surface area contributed by atoms with E-state index in [9.17, 15) is 4.79 Å². The second-order valence-electron chi connectivity index (χ2n) is 6.69. The number of guanidine groups is 1. The minimum Gasteiger partial charge on any atom is -0.381 e. The Morgan fingerprint density at radius 1 is 1.26 bits per heavy atom. The fourth-order valence-corrected chi connectivity index (χ4v) is 2.22. The van der Waals surface area contributed by atoms with Crippen molar-refractivity contribution >= 4 is 11.9 Å². The Morgan fingerprint density at radius 2 is 1.96 bits per heavy atom. The third kappa shape index (κ3) is 10.1. The summed E-state index contributed by atoms with van der Waals surface area (Å²) in [6.07, 6.45) is 3.20. The predicted molar refractivity (Wildman–Crippen MR) is 91.7 cm³/mol. The van der Waals surface area contributed by atoms with E-state index in [0.29, 0.717) is 12.1 Å². The molecule has 134 valence electrons. The molecule has 0 bridgehead atoms. The number of hydrogen-bond donors (Lipinski definition) is 3. The van der Waals surface area contributed by atoms with Crippen LogP contribution in [0.1, 0.15) is 40.0 Å². The zero-order chi connectivity index (χ0) is 17.1. The molecule has 0 aromatic rings. The Kier molecular flexibility index (Phi) is 8.94. The van der Waals surface area contributed by atoms with E-state index in [0.717, 1.165) is 45.6 Å². The highest BCUT2D eigenvalue weighted by molar-refractivity contribution is 5.86. The van der Waals surface area contributed by atoms with Gasteiger partial charge in [-0.3, -0.25) is 9.79 Å². The Morgan fingerprint density at radius 3 is 2.57 bits per heavy atom. The van der Waals surface area contributed by atoms with Crippen LogP contribution in [0.2, 0.25) is 0 Å². The van der Waals surface area contributed by atoms with Crippen LogP contribution in [0.15, 0.2) is 4.99 Å².